The van der Waals surface area contributed by atoms with Crippen molar-refractivity contribution in [2.75, 3.05) is 6.61 Å². The number of ether oxygens (including phenoxy) is 1. The van der Waals surface area contributed by atoms with Crippen molar-refractivity contribution in [2.24, 2.45) is 17.6 Å². The number of amides is 1. The van der Waals surface area contributed by atoms with Crippen LogP contribution in [0.5, 0.6) is 5.75 Å². The molecule has 3 N–H and O–H groups in total. The third kappa shape index (κ3) is 5.95. The molecule has 0 saturated heterocycles. The lowest BCUT2D eigenvalue weighted by molar-refractivity contribution is -0.123. The number of carbonyl (C=O) groups is 2. The number of carbonyl (C=O) groups excluding carboxylic acids is 2. The predicted molar refractivity (Wildman–Crippen MR) is 113 cm³/mol. The second-order valence-electron chi connectivity index (χ2n) is 8.07. The molecule has 2 saturated carbocycles. The highest BCUT2D eigenvalue weighted by molar-refractivity contribution is 5.98. The highest BCUT2D eigenvalue weighted by atomic mass is 35.5. The van der Waals surface area contributed by atoms with Gasteiger partial charge in [-0.15, -0.1) is 12.4 Å². The van der Waals surface area contributed by atoms with E-state index in [9.17, 15) is 9.59 Å². The Hall–Kier alpha value is -1.59. The van der Waals surface area contributed by atoms with Crippen molar-refractivity contribution in [3.05, 3.63) is 29.8 Å². The van der Waals surface area contributed by atoms with E-state index in [1.165, 1.54) is 6.42 Å². The Kier molecular flexibility index (Phi) is 8.77. The van der Waals surface area contributed by atoms with Crippen LogP contribution in [0.3, 0.4) is 0 Å². The van der Waals surface area contributed by atoms with Crippen molar-refractivity contribution in [1.29, 1.82) is 0 Å². The van der Waals surface area contributed by atoms with Gasteiger partial charge in [0.1, 0.15) is 5.75 Å². The van der Waals surface area contributed by atoms with Gasteiger partial charge in [-0.2, -0.15) is 0 Å². The summed E-state index contributed by atoms with van der Waals surface area (Å²) in [5.74, 6) is 1.76. The molecule has 5 nitrogen and oxygen atoms in total. The van der Waals surface area contributed by atoms with Crippen molar-refractivity contribution >= 4 is 24.1 Å². The van der Waals surface area contributed by atoms with E-state index in [2.05, 4.69) is 12.2 Å². The molecule has 28 heavy (non-hydrogen) atoms. The average molecular weight is 409 g/mol. The van der Waals surface area contributed by atoms with Gasteiger partial charge in [0, 0.05) is 30.5 Å². The summed E-state index contributed by atoms with van der Waals surface area (Å²) < 4.78 is 5.53. The van der Waals surface area contributed by atoms with E-state index in [1.54, 1.807) is 12.1 Å². The summed E-state index contributed by atoms with van der Waals surface area (Å²) in [5.41, 5.74) is 6.78. The summed E-state index contributed by atoms with van der Waals surface area (Å²) in [7, 11) is 0. The van der Waals surface area contributed by atoms with Gasteiger partial charge in [0.15, 0.2) is 5.78 Å². The molecule has 2 bridgehead atoms. The highest BCUT2D eigenvalue weighted by Crippen LogP contribution is 2.39. The first-order valence-corrected chi connectivity index (χ1v) is 10.4. The van der Waals surface area contributed by atoms with Crippen molar-refractivity contribution < 1.29 is 14.3 Å². The minimum atomic E-state index is -0.0105. The van der Waals surface area contributed by atoms with Crippen LogP contribution in [0.15, 0.2) is 24.3 Å². The molecule has 2 aliphatic rings. The van der Waals surface area contributed by atoms with E-state index < -0.39 is 0 Å². The van der Waals surface area contributed by atoms with Gasteiger partial charge in [0.2, 0.25) is 5.91 Å². The molecule has 0 aliphatic heterocycles. The number of ketones is 1. The SMILES string of the molecule is CCCOc1ccc(C(=O)CCC(=O)NC2C3CCCC2CC(N)C3)cc1.Cl. The zero-order chi connectivity index (χ0) is 19.2. The first-order chi connectivity index (χ1) is 13.1. The third-order valence-electron chi connectivity index (χ3n) is 5.93. The molecule has 6 heteroatoms. The van der Waals surface area contributed by atoms with Gasteiger partial charge >= 0.3 is 0 Å². The second kappa shape index (κ2) is 10.8. The highest BCUT2D eigenvalue weighted by Gasteiger charge is 2.39. The van der Waals surface area contributed by atoms with Crippen LogP contribution in [0.25, 0.3) is 0 Å². The van der Waals surface area contributed by atoms with Gasteiger partial charge in [-0.25, -0.2) is 0 Å². The molecule has 0 aromatic heterocycles. The van der Waals surface area contributed by atoms with E-state index in [0.717, 1.165) is 37.9 Å². The van der Waals surface area contributed by atoms with E-state index in [-0.39, 0.29) is 49.0 Å². The summed E-state index contributed by atoms with van der Waals surface area (Å²) in [5, 5.41) is 3.21. The van der Waals surface area contributed by atoms with Crippen molar-refractivity contribution in [2.45, 2.75) is 70.4 Å². The van der Waals surface area contributed by atoms with Crippen LogP contribution in [-0.2, 0) is 4.79 Å². The number of nitrogens with one attached hydrogen (secondary N) is 1. The number of nitrogens with two attached hydrogens (primary N) is 1. The van der Waals surface area contributed by atoms with E-state index >= 15 is 0 Å². The molecule has 2 aliphatic carbocycles. The molecule has 2 fully saturated rings. The maximum absolute atomic E-state index is 12.4. The lowest BCUT2D eigenvalue weighted by Gasteiger charge is -2.45. The first kappa shape index (κ1) is 22.7. The second-order valence-corrected chi connectivity index (χ2v) is 8.07. The van der Waals surface area contributed by atoms with Gasteiger partial charge in [0.05, 0.1) is 6.61 Å². The van der Waals surface area contributed by atoms with Crippen LogP contribution in [0.1, 0.15) is 68.6 Å². The molecule has 0 heterocycles. The normalized spacial score (nSPS) is 26.1. The van der Waals surface area contributed by atoms with Crippen molar-refractivity contribution in [3.63, 3.8) is 0 Å². The third-order valence-corrected chi connectivity index (χ3v) is 5.93. The number of hydrogen-bond donors (Lipinski definition) is 2. The zero-order valence-corrected chi connectivity index (χ0v) is 17.5. The Morgan fingerprint density at radius 1 is 1.11 bits per heavy atom. The molecule has 156 valence electrons. The molecule has 0 spiro atoms. The van der Waals surface area contributed by atoms with Crippen LogP contribution >= 0.6 is 12.4 Å². The molecular formula is C22H33ClN2O3. The fourth-order valence-corrected chi connectivity index (χ4v) is 4.61. The number of fused-ring (bicyclic) bond motifs is 2. The first-order valence-electron chi connectivity index (χ1n) is 10.4. The molecule has 2 unspecified atom stereocenters. The summed E-state index contributed by atoms with van der Waals surface area (Å²) in [4.78, 5) is 24.8. The Labute approximate surface area is 174 Å². The minimum absolute atomic E-state index is 0. The molecular weight excluding hydrogens is 376 g/mol. The molecule has 3 rings (SSSR count). The lowest BCUT2D eigenvalue weighted by atomic mass is 9.67. The molecule has 0 radical (unpaired) electrons. The predicted octanol–water partition coefficient (Wildman–Crippen LogP) is 3.88. The van der Waals surface area contributed by atoms with Gasteiger partial charge in [-0.3, -0.25) is 9.59 Å². The summed E-state index contributed by atoms with van der Waals surface area (Å²) in [6.07, 6.45) is 6.99. The molecule has 1 aromatic carbocycles. The number of Topliss-reactive ketones (excluding diaryl/α,β-unsaturated/α-hetero) is 1. The van der Waals surface area contributed by atoms with Crippen LogP contribution in [-0.4, -0.2) is 30.4 Å². The number of benzene rings is 1. The van der Waals surface area contributed by atoms with Gasteiger partial charge in [-0.1, -0.05) is 13.3 Å². The Bertz CT molecular complexity index is 636. The van der Waals surface area contributed by atoms with Crippen LogP contribution < -0.4 is 15.8 Å². The van der Waals surface area contributed by atoms with Gasteiger partial charge in [-0.05, 0) is 68.2 Å². The summed E-state index contributed by atoms with van der Waals surface area (Å²) in [6.45, 7) is 2.72. The minimum Gasteiger partial charge on any atom is -0.494 e. The quantitative estimate of drug-likeness (QED) is 0.639. The maximum Gasteiger partial charge on any atom is 0.220 e. The molecule has 1 aromatic rings. The Morgan fingerprint density at radius 2 is 1.75 bits per heavy atom. The zero-order valence-electron chi connectivity index (χ0n) is 16.7. The van der Waals surface area contributed by atoms with Gasteiger partial charge < -0.3 is 15.8 Å². The Balaban J connectivity index is 0.00000280. The van der Waals surface area contributed by atoms with Crippen LogP contribution in [0, 0.1) is 11.8 Å². The van der Waals surface area contributed by atoms with Crippen LogP contribution in [0.4, 0.5) is 0 Å². The smallest absolute Gasteiger partial charge is 0.220 e. The molecule has 1 amide bonds. The number of rotatable bonds is 8. The van der Waals surface area contributed by atoms with E-state index in [1.807, 2.05) is 12.1 Å². The lowest BCUT2D eigenvalue weighted by Crippen LogP contribution is -2.53. The maximum atomic E-state index is 12.4. The fourth-order valence-electron chi connectivity index (χ4n) is 4.61. The van der Waals surface area contributed by atoms with E-state index in [4.69, 9.17) is 10.5 Å². The summed E-state index contributed by atoms with van der Waals surface area (Å²) in [6, 6.07) is 7.71. The standard InChI is InChI=1S/C22H32N2O3.ClH/c1-2-12-27-19-8-6-15(7-9-19)20(25)10-11-21(26)24-22-16-4-3-5-17(22)14-18(23)13-16;/h6-9,16-18,22H,2-5,10-14,23H2,1H3,(H,24,26);1H. The number of hydrogen-bond acceptors (Lipinski definition) is 4. The van der Waals surface area contributed by atoms with E-state index in [0.29, 0.717) is 24.0 Å². The Morgan fingerprint density at radius 3 is 2.36 bits per heavy atom. The number of halogens is 1. The topological polar surface area (TPSA) is 81.4 Å². The summed E-state index contributed by atoms with van der Waals surface area (Å²) >= 11 is 0. The largest absolute Gasteiger partial charge is 0.494 e. The average Bonchev–Trinajstić information content (AvgIpc) is 2.65. The molecule has 2 atom stereocenters. The van der Waals surface area contributed by atoms with Gasteiger partial charge in [0.25, 0.3) is 0 Å². The van der Waals surface area contributed by atoms with Crippen molar-refractivity contribution in [3.8, 4) is 5.75 Å². The van der Waals surface area contributed by atoms with Crippen LogP contribution in [0.2, 0.25) is 0 Å². The monoisotopic (exact) mass is 408 g/mol. The fraction of sp³-hybridized carbons (Fsp3) is 0.636. The van der Waals surface area contributed by atoms with Crippen molar-refractivity contribution in [1.82, 2.24) is 5.32 Å².